The summed E-state index contributed by atoms with van der Waals surface area (Å²) in [4.78, 5) is 0. The van der Waals surface area contributed by atoms with Crippen LogP contribution in [0, 0.1) is 11.3 Å². The van der Waals surface area contributed by atoms with E-state index in [4.69, 9.17) is 11.0 Å². The van der Waals surface area contributed by atoms with Crippen molar-refractivity contribution in [1.82, 2.24) is 0 Å². The second-order valence-electron chi connectivity index (χ2n) is 4.61. The van der Waals surface area contributed by atoms with Gasteiger partial charge in [0.2, 0.25) is 0 Å². The highest BCUT2D eigenvalue weighted by molar-refractivity contribution is 5.48. The molecule has 0 heterocycles. The Balaban J connectivity index is 2.62. The lowest BCUT2D eigenvalue weighted by Crippen LogP contribution is -2.34. The van der Waals surface area contributed by atoms with E-state index in [0.717, 1.165) is 11.1 Å². The molecule has 15 heavy (non-hydrogen) atoms. The highest BCUT2D eigenvalue weighted by atomic mass is 16.3. The Morgan fingerprint density at radius 3 is 2.73 bits per heavy atom. The number of rotatable bonds is 0. The van der Waals surface area contributed by atoms with Crippen LogP contribution in [0.3, 0.4) is 0 Å². The van der Waals surface area contributed by atoms with Gasteiger partial charge in [0.1, 0.15) is 0 Å². The van der Waals surface area contributed by atoms with Gasteiger partial charge in [-0.2, -0.15) is 5.26 Å². The van der Waals surface area contributed by atoms with Crippen LogP contribution < -0.4 is 5.73 Å². The molecule has 0 amide bonds. The summed E-state index contributed by atoms with van der Waals surface area (Å²) < 4.78 is 0. The molecule has 2 atom stereocenters. The summed E-state index contributed by atoms with van der Waals surface area (Å²) in [7, 11) is 0. The third-order valence-corrected chi connectivity index (χ3v) is 3.31. The number of aliphatic hydroxyl groups is 1. The standard InChI is InChI=1S/C12H14N2O/c1-12(2)9-4-3-7(6-13)5-8(9)10(14)11(12)15/h3-5,10-11,15H,14H2,1-2H3/t10-,11+/m0/s1. The minimum atomic E-state index is -0.582. The molecule has 0 aliphatic heterocycles. The van der Waals surface area contributed by atoms with Crippen LogP contribution in [0.2, 0.25) is 0 Å². The third kappa shape index (κ3) is 1.26. The van der Waals surface area contributed by atoms with E-state index in [1.807, 2.05) is 19.9 Å². The summed E-state index contributed by atoms with van der Waals surface area (Å²) >= 11 is 0. The number of hydrogen-bond donors (Lipinski definition) is 2. The summed E-state index contributed by atoms with van der Waals surface area (Å²) in [6.07, 6.45) is -0.582. The molecular weight excluding hydrogens is 188 g/mol. The number of nitrogens with zero attached hydrogens (tertiary/aromatic N) is 1. The lowest BCUT2D eigenvalue weighted by atomic mass is 9.84. The SMILES string of the molecule is CC1(C)c2ccc(C#N)cc2[C@H](N)[C@H]1O. The smallest absolute Gasteiger partial charge is 0.0991 e. The van der Waals surface area contributed by atoms with Crippen LogP contribution in [0.15, 0.2) is 18.2 Å². The first kappa shape index (κ1) is 10.2. The predicted molar refractivity (Wildman–Crippen MR) is 57.1 cm³/mol. The molecule has 1 aromatic rings. The quantitative estimate of drug-likeness (QED) is 0.664. The van der Waals surface area contributed by atoms with Gasteiger partial charge in [0.15, 0.2) is 0 Å². The number of nitriles is 1. The first-order valence-electron chi connectivity index (χ1n) is 4.96. The second-order valence-corrected chi connectivity index (χ2v) is 4.61. The van der Waals surface area contributed by atoms with Gasteiger partial charge in [-0.15, -0.1) is 0 Å². The van der Waals surface area contributed by atoms with Crippen molar-refractivity contribution in [2.45, 2.75) is 31.4 Å². The molecular formula is C12H14N2O. The molecule has 0 fully saturated rings. The molecule has 0 bridgehead atoms. The molecule has 0 saturated heterocycles. The molecule has 0 unspecified atom stereocenters. The van der Waals surface area contributed by atoms with Gasteiger partial charge < -0.3 is 10.8 Å². The van der Waals surface area contributed by atoms with E-state index in [9.17, 15) is 5.11 Å². The van der Waals surface area contributed by atoms with Crippen molar-refractivity contribution in [3.8, 4) is 6.07 Å². The number of fused-ring (bicyclic) bond motifs is 1. The molecule has 0 radical (unpaired) electrons. The number of nitrogens with two attached hydrogens (primary N) is 1. The van der Waals surface area contributed by atoms with E-state index < -0.39 is 6.10 Å². The van der Waals surface area contributed by atoms with Crippen molar-refractivity contribution in [2.75, 3.05) is 0 Å². The molecule has 1 aliphatic carbocycles. The van der Waals surface area contributed by atoms with E-state index >= 15 is 0 Å². The maximum Gasteiger partial charge on any atom is 0.0991 e. The van der Waals surface area contributed by atoms with Crippen LogP contribution in [-0.2, 0) is 5.41 Å². The Morgan fingerprint density at radius 1 is 1.47 bits per heavy atom. The van der Waals surface area contributed by atoms with Crippen LogP contribution in [0.5, 0.6) is 0 Å². The number of hydrogen-bond acceptors (Lipinski definition) is 3. The molecule has 1 aliphatic rings. The van der Waals surface area contributed by atoms with E-state index in [-0.39, 0.29) is 11.5 Å². The van der Waals surface area contributed by atoms with Gasteiger partial charge in [0.05, 0.1) is 23.8 Å². The van der Waals surface area contributed by atoms with Gasteiger partial charge in [-0.3, -0.25) is 0 Å². The van der Waals surface area contributed by atoms with Crippen molar-refractivity contribution in [2.24, 2.45) is 5.73 Å². The first-order chi connectivity index (χ1) is 6.98. The molecule has 0 aromatic heterocycles. The van der Waals surface area contributed by atoms with Crippen LogP contribution in [0.25, 0.3) is 0 Å². The molecule has 3 nitrogen and oxygen atoms in total. The minimum absolute atomic E-state index is 0.331. The van der Waals surface area contributed by atoms with Crippen molar-refractivity contribution < 1.29 is 5.11 Å². The highest BCUT2D eigenvalue weighted by Gasteiger charge is 2.43. The molecule has 1 aromatic carbocycles. The summed E-state index contributed by atoms with van der Waals surface area (Å²) in [5.74, 6) is 0. The average Bonchev–Trinajstić information content (AvgIpc) is 2.40. The summed E-state index contributed by atoms with van der Waals surface area (Å²) in [5.41, 5.74) is 8.13. The molecule has 3 N–H and O–H groups in total. The molecule has 0 saturated carbocycles. The van der Waals surface area contributed by atoms with E-state index in [0.29, 0.717) is 5.56 Å². The fraction of sp³-hybridized carbons (Fsp3) is 0.417. The summed E-state index contributed by atoms with van der Waals surface area (Å²) in [6.45, 7) is 3.94. The number of aliphatic hydroxyl groups excluding tert-OH is 1. The Kier molecular flexibility index (Phi) is 2.07. The van der Waals surface area contributed by atoms with E-state index in [1.165, 1.54) is 0 Å². The Labute approximate surface area is 89.1 Å². The van der Waals surface area contributed by atoms with Crippen LogP contribution in [0.4, 0.5) is 0 Å². The highest BCUT2D eigenvalue weighted by Crippen LogP contribution is 2.43. The maximum absolute atomic E-state index is 10.0. The Morgan fingerprint density at radius 2 is 2.13 bits per heavy atom. The molecule has 0 spiro atoms. The fourth-order valence-corrected chi connectivity index (χ4v) is 2.27. The predicted octanol–water partition coefficient (Wildman–Crippen LogP) is 1.21. The zero-order chi connectivity index (χ0) is 11.2. The molecule has 78 valence electrons. The van der Waals surface area contributed by atoms with Gasteiger partial charge in [0.25, 0.3) is 0 Å². The van der Waals surface area contributed by atoms with Crippen molar-refractivity contribution >= 4 is 0 Å². The lowest BCUT2D eigenvalue weighted by Gasteiger charge is -2.25. The Hall–Kier alpha value is -1.37. The lowest BCUT2D eigenvalue weighted by molar-refractivity contribution is 0.0921. The van der Waals surface area contributed by atoms with Crippen molar-refractivity contribution in [3.05, 3.63) is 34.9 Å². The van der Waals surface area contributed by atoms with Gasteiger partial charge in [0, 0.05) is 5.41 Å². The van der Waals surface area contributed by atoms with Gasteiger partial charge in [-0.05, 0) is 23.3 Å². The largest absolute Gasteiger partial charge is 0.390 e. The molecule has 2 rings (SSSR count). The Bertz CT molecular complexity index is 445. The van der Waals surface area contributed by atoms with Crippen LogP contribution in [-0.4, -0.2) is 11.2 Å². The van der Waals surface area contributed by atoms with Gasteiger partial charge in [-0.25, -0.2) is 0 Å². The van der Waals surface area contributed by atoms with Gasteiger partial charge in [-0.1, -0.05) is 19.9 Å². The molecule has 3 heteroatoms. The van der Waals surface area contributed by atoms with E-state index in [1.54, 1.807) is 12.1 Å². The topological polar surface area (TPSA) is 70.0 Å². The zero-order valence-corrected chi connectivity index (χ0v) is 8.86. The van der Waals surface area contributed by atoms with Crippen molar-refractivity contribution in [3.63, 3.8) is 0 Å². The van der Waals surface area contributed by atoms with Gasteiger partial charge >= 0.3 is 0 Å². The maximum atomic E-state index is 10.0. The van der Waals surface area contributed by atoms with Crippen molar-refractivity contribution in [1.29, 1.82) is 5.26 Å². The van der Waals surface area contributed by atoms with Crippen LogP contribution >= 0.6 is 0 Å². The monoisotopic (exact) mass is 202 g/mol. The third-order valence-electron chi connectivity index (χ3n) is 3.31. The van der Waals surface area contributed by atoms with Crippen LogP contribution in [0.1, 0.15) is 36.6 Å². The fourth-order valence-electron chi connectivity index (χ4n) is 2.27. The second kappa shape index (κ2) is 3.06. The van der Waals surface area contributed by atoms with E-state index in [2.05, 4.69) is 6.07 Å². The summed E-state index contributed by atoms with van der Waals surface area (Å²) in [6, 6.07) is 7.13. The zero-order valence-electron chi connectivity index (χ0n) is 8.86. The normalized spacial score (nSPS) is 27.1. The average molecular weight is 202 g/mol. The minimum Gasteiger partial charge on any atom is -0.390 e. The first-order valence-corrected chi connectivity index (χ1v) is 4.96. The summed E-state index contributed by atoms with van der Waals surface area (Å²) in [5, 5.41) is 18.8. The number of benzene rings is 1.